The maximum absolute atomic E-state index is 11.1. The number of phenolic OH excluding ortho intramolecular Hbond substituents is 1. The van der Waals surface area contributed by atoms with E-state index in [4.69, 9.17) is 0 Å². The highest BCUT2D eigenvalue weighted by Gasteiger charge is 2.18. The van der Waals surface area contributed by atoms with Gasteiger partial charge in [-0.2, -0.15) is 0 Å². The van der Waals surface area contributed by atoms with Crippen molar-refractivity contribution < 1.29 is 13.5 Å². The Kier molecular flexibility index (Phi) is 4.31. The van der Waals surface area contributed by atoms with Gasteiger partial charge in [-0.15, -0.1) is 0 Å². The summed E-state index contributed by atoms with van der Waals surface area (Å²) >= 11 is 0. The molecular weight excluding hydrogens is 264 g/mol. The number of benzene rings is 1. The fourth-order valence-corrected chi connectivity index (χ4v) is 2.78. The van der Waals surface area contributed by atoms with E-state index in [2.05, 4.69) is 9.80 Å². The van der Waals surface area contributed by atoms with E-state index in [0.29, 0.717) is 6.54 Å². The Morgan fingerprint density at radius 1 is 1.11 bits per heavy atom. The molecule has 5 nitrogen and oxygen atoms in total. The van der Waals surface area contributed by atoms with Crippen molar-refractivity contribution in [1.82, 2.24) is 4.90 Å². The van der Waals surface area contributed by atoms with Crippen LogP contribution in [0.3, 0.4) is 0 Å². The third-order valence-electron chi connectivity index (χ3n) is 3.37. The van der Waals surface area contributed by atoms with Crippen LogP contribution in [-0.2, 0) is 9.84 Å². The summed E-state index contributed by atoms with van der Waals surface area (Å²) in [5, 5.41) is 9.26. The molecule has 1 fully saturated rings. The highest BCUT2D eigenvalue weighted by atomic mass is 32.2. The van der Waals surface area contributed by atoms with Crippen LogP contribution in [0.5, 0.6) is 5.75 Å². The second kappa shape index (κ2) is 5.79. The molecule has 1 aliphatic heterocycles. The minimum Gasteiger partial charge on any atom is -0.508 e. The van der Waals surface area contributed by atoms with E-state index in [1.807, 2.05) is 12.1 Å². The number of aromatic hydroxyl groups is 1. The number of phenols is 1. The molecule has 1 aliphatic rings. The number of sulfone groups is 1. The zero-order valence-electron chi connectivity index (χ0n) is 11.1. The van der Waals surface area contributed by atoms with E-state index in [1.54, 1.807) is 12.1 Å². The van der Waals surface area contributed by atoms with Gasteiger partial charge in [0, 0.05) is 44.7 Å². The van der Waals surface area contributed by atoms with Gasteiger partial charge in [0.2, 0.25) is 0 Å². The quantitative estimate of drug-likeness (QED) is 0.875. The molecule has 0 spiro atoms. The fraction of sp³-hybridized carbons (Fsp3) is 0.538. The summed E-state index contributed by atoms with van der Waals surface area (Å²) in [6, 6.07) is 7.18. The van der Waals surface area contributed by atoms with Gasteiger partial charge in [0.15, 0.2) is 0 Å². The first-order chi connectivity index (χ1) is 8.94. The number of hydrogen-bond acceptors (Lipinski definition) is 5. The monoisotopic (exact) mass is 284 g/mol. The SMILES string of the molecule is CS(=O)(=O)CCN1CCN(c2ccc(O)cc2)CC1. The van der Waals surface area contributed by atoms with E-state index in [-0.39, 0.29) is 11.5 Å². The first kappa shape index (κ1) is 14.1. The topological polar surface area (TPSA) is 60.9 Å². The fourth-order valence-electron chi connectivity index (χ4n) is 2.19. The smallest absolute Gasteiger partial charge is 0.148 e. The number of hydrogen-bond donors (Lipinski definition) is 1. The molecule has 0 aliphatic carbocycles. The molecule has 0 unspecified atom stereocenters. The molecule has 0 bridgehead atoms. The molecule has 106 valence electrons. The number of anilines is 1. The van der Waals surface area contributed by atoms with Crippen molar-refractivity contribution in [2.45, 2.75) is 0 Å². The van der Waals surface area contributed by atoms with Crippen molar-refractivity contribution in [3.8, 4) is 5.75 Å². The molecule has 0 radical (unpaired) electrons. The van der Waals surface area contributed by atoms with E-state index in [0.717, 1.165) is 31.9 Å². The molecule has 1 heterocycles. The molecule has 19 heavy (non-hydrogen) atoms. The Labute approximate surface area is 114 Å². The first-order valence-electron chi connectivity index (χ1n) is 6.38. The van der Waals surface area contributed by atoms with Crippen LogP contribution in [-0.4, -0.2) is 63.2 Å². The Balaban J connectivity index is 1.84. The lowest BCUT2D eigenvalue weighted by Crippen LogP contribution is -2.47. The highest BCUT2D eigenvalue weighted by Crippen LogP contribution is 2.19. The maximum atomic E-state index is 11.1. The van der Waals surface area contributed by atoms with E-state index in [1.165, 1.54) is 6.26 Å². The second-order valence-electron chi connectivity index (χ2n) is 4.97. The third-order valence-corrected chi connectivity index (χ3v) is 4.29. The largest absolute Gasteiger partial charge is 0.508 e. The minimum atomic E-state index is -2.88. The van der Waals surface area contributed by atoms with Crippen LogP contribution >= 0.6 is 0 Å². The average Bonchev–Trinajstić information content (AvgIpc) is 2.37. The van der Waals surface area contributed by atoms with Crippen molar-refractivity contribution in [2.24, 2.45) is 0 Å². The normalized spacial score (nSPS) is 17.6. The standard InChI is InChI=1S/C13H20N2O3S/c1-19(17,18)11-10-14-6-8-15(9-7-14)12-2-4-13(16)5-3-12/h2-5,16H,6-11H2,1H3. The van der Waals surface area contributed by atoms with Crippen molar-refractivity contribution in [1.29, 1.82) is 0 Å². The van der Waals surface area contributed by atoms with Crippen LogP contribution in [0.1, 0.15) is 0 Å². The van der Waals surface area contributed by atoms with E-state index in [9.17, 15) is 13.5 Å². The van der Waals surface area contributed by atoms with Gasteiger partial charge in [-0.05, 0) is 24.3 Å². The van der Waals surface area contributed by atoms with Crippen molar-refractivity contribution in [3.63, 3.8) is 0 Å². The Hall–Kier alpha value is -1.27. The Morgan fingerprint density at radius 2 is 1.68 bits per heavy atom. The lowest BCUT2D eigenvalue weighted by Gasteiger charge is -2.36. The van der Waals surface area contributed by atoms with Crippen molar-refractivity contribution in [3.05, 3.63) is 24.3 Å². The van der Waals surface area contributed by atoms with Crippen molar-refractivity contribution in [2.75, 3.05) is 49.6 Å². The van der Waals surface area contributed by atoms with Gasteiger partial charge in [0.05, 0.1) is 5.75 Å². The molecule has 1 aromatic carbocycles. The van der Waals surface area contributed by atoms with Gasteiger partial charge in [0.1, 0.15) is 15.6 Å². The first-order valence-corrected chi connectivity index (χ1v) is 8.44. The van der Waals surface area contributed by atoms with Gasteiger partial charge in [-0.3, -0.25) is 4.90 Å². The molecular formula is C13H20N2O3S. The van der Waals surface area contributed by atoms with Gasteiger partial charge >= 0.3 is 0 Å². The summed E-state index contributed by atoms with van der Waals surface area (Å²) in [4.78, 5) is 4.42. The third kappa shape index (κ3) is 4.40. The zero-order chi connectivity index (χ0) is 13.9. The molecule has 1 N–H and O–H groups in total. The van der Waals surface area contributed by atoms with E-state index < -0.39 is 9.84 Å². The van der Waals surface area contributed by atoms with Crippen LogP contribution in [0, 0.1) is 0 Å². The van der Waals surface area contributed by atoms with Gasteiger partial charge < -0.3 is 10.0 Å². The molecule has 0 saturated carbocycles. The Bertz CT molecular complexity index is 505. The summed E-state index contributed by atoms with van der Waals surface area (Å²) in [7, 11) is -2.88. The van der Waals surface area contributed by atoms with Crippen LogP contribution < -0.4 is 4.90 Å². The van der Waals surface area contributed by atoms with Gasteiger partial charge in [-0.1, -0.05) is 0 Å². The van der Waals surface area contributed by atoms with E-state index >= 15 is 0 Å². The lowest BCUT2D eigenvalue weighted by atomic mass is 10.2. The number of rotatable bonds is 4. The van der Waals surface area contributed by atoms with Crippen LogP contribution in [0.25, 0.3) is 0 Å². The van der Waals surface area contributed by atoms with Crippen LogP contribution in [0.15, 0.2) is 24.3 Å². The van der Waals surface area contributed by atoms with Gasteiger partial charge in [0.25, 0.3) is 0 Å². The molecule has 2 rings (SSSR count). The number of piperazine rings is 1. The summed E-state index contributed by atoms with van der Waals surface area (Å²) in [5.41, 5.74) is 1.10. The molecule has 0 atom stereocenters. The second-order valence-corrected chi connectivity index (χ2v) is 7.23. The molecule has 6 heteroatoms. The van der Waals surface area contributed by atoms with Gasteiger partial charge in [-0.25, -0.2) is 8.42 Å². The predicted octanol–water partition coefficient (Wildman–Crippen LogP) is 0.559. The highest BCUT2D eigenvalue weighted by molar-refractivity contribution is 7.90. The summed E-state index contributed by atoms with van der Waals surface area (Å²) in [6.07, 6.45) is 1.28. The summed E-state index contributed by atoms with van der Waals surface area (Å²) in [5.74, 6) is 0.502. The maximum Gasteiger partial charge on any atom is 0.148 e. The summed E-state index contributed by atoms with van der Waals surface area (Å²) < 4.78 is 22.3. The lowest BCUT2D eigenvalue weighted by molar-refractivity contribution is 0.272. The predicted molar refractivity (Wildman–Crippen MR) is 76.5 cm³/mol. The molecule has 1 saturated heterocycles. The van der Waals surface area contributed by atoms with Crippen LogP contribution in [0.4, 0.5) is 5.69 Å². The average molecular weight is 284 g/mol. The zero-order valence-corrected chi connectivity index (χ0v) is 11.9. The van der Waals surface area contributed by atoms with Crippen LogP contribution in [0.2, 0.25) is 0 Å². The molecule has 0 amide bonds. The minimum absolute atomic E-state index is 0.228. The molecule has 0 aromatic heterocycles. The molecule has 1 aromatic rings. The van der Waals surface area contributed by atoms with Crippen molar-refractivity contribution >= 4 is 15.5 Å². The summed E-state index contributed by atoms with van der Waals surface area (Å²) in [6.45, 7) is 4.12. The Morgan fingerprint density at radius 3 is 2.21 bits per heavy atom. The number of nitrogens with zero attached hydrogens (tertiary/aromatic N) is 2.